The number of rotatable bonds is 12. The summed E-state index contributed by atoms with van der Waals surface area (Å²) in [7, 11) is 0. The molecule has 0 saturated heterocycles. The molecular weight excluding hydrogens is 1310 g/mol. The number of fused-ring (bicyclic) bond motifs is 8. The van der Waals surface area contributed by atoms with E-state index in [9.17, 15) is 0 Å². The number of hydrogen-bond donors (Lipinski definition) is 0. The molecule has 19 rings (SSSR count). The molecule has 3 unspecified atom stereocenters. The third kappa shape index (κ3) is 18.4. The number of halogens is 2. The average Bonchev–Trinajstić information content (AvgIpc) is 1.63. The summed E-state index contributed by atoms with van der Waals surface area (Å²) in [5.41, 5.74) is 42.7. The van der Waals surface area contributed by atoms with E-state index in [-0.39, 0.29) is 14.9 Å². The van der Waals surface area contributed by atoms with E-state index in [1.807, 2.05) is 73.1 Å². The minimum atomic E-state index is 0. The van der Waals surface area contributed by atoms with Crippen LogP contribution in [0.2, 0.25) is 0 Å². The first kappa shape index (κ1) is 75.4. The van der Waals surface area contributed by atoms with Crippen molar-refractivity contribution < 1.29 is 0 Å². The molecule has 105 heavy (non-hydrogen) atoms. The molecule has 0 amide bonds. The van der Waals surface area contributed by atoms with E-state index >= 15 is 0 Å². The number of alkyl halides is 2. The van der Waals surface area contributed by atoms with Gasteiger partial charge in [0.05, 0.1) is 11.6 Å². The van der Waals surface area contributed by atoms with Crippen LogP contribution in [0.4, 0.5) is 0 Å². The molecule has 8 aliphatic rings. The normalized spacial score (nSPS) is 16.6. The topological polar surface area (TPSA) is 38.7 Å². The lowest BCUT2D eigenvalue weighted by molar-refractivity contribution is 0.779. The van der Waals surface area contributed by atoms with Crippen LogP contribution in [0.5, 0.6) is 0 Å². The highest BCUT2D eigenvalue weighted by Gasteiger charge is 2.33. The standard InChI is InChI=1S/2C26H25N.C20H20.C13H14.C7H7Cl.C6H6ClN.2CH4/c2*1-18-23(14-19-8-3-2-4-9-19)25-15-20-10-7-11-21(20)16-26(25)24(18)17-22-12-5-6-13-27-22;1-14-10-18-12-16-8-5-9-17(16)13-20(18)19(14)11-15-6-3-2-4-7-15;1-9-5-12-7-10-3-2-4-11(10)8-13(12)6-9;8-6-7-4-2-1-3-5-7;7-5-6-3-1-2-4-8-6;;/h2-6,8-9,12-13,15-16,24H,7,10-11,14,17H2,1H3;2-6,8-9,12-13,15-16,23H,7,10-11,14,17H2,1H3;2-4,6-7,10,12-13,19H,5,8-9,11H2,1H3;5,7-8H,2-4,6H2,1H3;1-5H,6H2;1-4H,5H2;2*1H4. The van der Waals surface area contributed by atoms with Crippen LogP contribution >= 0.6 is 23.2 Å². The first-order chi connectivity index (χ1) is 50.6. The van der Waals surface area contributed by atoms with Crippen molar-refractivity contribution >= 4 is 46.5 Å². The van der Waals surface area contributed by atoms with Gasteiger partial charge in [0.1, 0.15) is 0 Å². The van der Waals surface area contributed by atoms with Gasteiger partial charge in [0.2, 0.25) is 0 Å². The van der Waals surface area contributed by atoms with E-state index in [0.717, 1.165) is 37.8 Å². The van der Waals surface area contributed by atoms with Crippen molar-refractivity contribution in [1.29, 1.82) is 0 Å². The zero-order valence-corrected chi connectivity index (χ0v) is 62.2. The summed E-state index contributed by atoms with van der Waals surface area (Å²) in [6.07, 6.45) is 32.1. The van der Waals surface area contributed by atoms with E-state index in [1.54, 1.807) is 67.4 Å². The third-order valence-corrected chi connectivity index (χ3v) is 23.2. The smallest absolute Gasteiger partial charge is 0.0647 e. The summed E-state index contributed by atoms with van der Waals surface area (Å²) < 4.78 is 0. The maximum atomic E-state index is 5.53. The molecule has 3 nitrogen and oxygen atoms in total. The summed E-state index contributed by atoms with van der Waals surface area (Å²) in [4.78, 5) is 13.2. The maximum Gasteiger partial charge on any atom is 0.0647 e. The molecule has 3 aromatic heterocycles. The molecule has 0 saturated carbocycles. The number of aromatic nitrogens is 3. The summed E-state index contributed by atoms with van der Waals surface area (Å²) >= 11 is 11.0. The number of benzene rings is 8. The molecule has 11 aromatic rings. The zero-order valence-electron chi connectivity index (χ0n) is 60.7. The van der Waals surface area contributed by atoms with Crippen molar-refractivity contribution in [1.82, 2.24) is 15.0 Å². The van der Waals surface area contributed by atoms with Crippen LogP contribution in [0, 0.1) is 0 Å². The molecular formula is C100H105Cl2N3. The van der Waals surface area contributed by atoms with Gasteiger partial charge in [0.25, 0.3) is 0 Å². The lowest BCUT2D eigenvalue weighted by Crippen LogP contribution is -2.04. The van der Waals surface area contributed by atoms with Crippen molar-refractivity contribution in [2.45, 2.75) is 188 Å². The van der Waals surface area contributed by atoms with Crippen LogP contribution in [-0.2, 0) is 102 Å². The Balaban J connectivity index is 0.000000124. The Morgan fingerprint density at radius 2 is 0.714 bits per heavy atom. The second-order valence-electron chi connectivity index (χ2n) is 29.6. The third-order valence-electron chi connectivity index (χ3n) is 22.6. The SMILES string of the molecule is C.C.CC1=C(Cc2ccccc2)c2cc3c(cc2C1Cc1ccccn1)CCC3.CC1=C(Cc2ccccn2)c2cc3c(cc2C1Cc1ccccc1)CCC3.CC1=Cc2cc3c(cc2C1)CCC3.CC1=Cc2cc3c(cc2C1Cc1ccccc1)CCC3.ClCc1ccccc1.ClCc1ccccn1. The van der Waals surface area contributed by atoms with Gasteiger partial charge in [0.15, 0.2) is 0 Å². The Morgan fingerprint density at radius 3 is 1.17 bits per heavy atom. The number of allylic oxidation sites excluding steroid dienone is 6. The fraction of sp³-hybridized carbons (Fsp3) is 0.290. The van der Waals surface area contributed by atoms with Crippen LogP contribution in [0.15, 0.2) is 265 Å². The zero-order chi connectivity index (χ0) is 70.4. The lowest BCUT2D eigenvalue weighted by Gasteiger charge is -2.16. The summed E-state index contributed by atoms with van der Waals surface area (Å²) in [6, 6.07) is 80.7. The van der Waals surface area contributed by atoms with Crippen LogP contribution in [0.3, 0.4) is 0 Å². The van der Waals surface area contributed by atoms with E-state index < -0.39 is 0 Å². The van der Waals surface area contributed by atoms with Gasteiger partial charge >= 0.3 is 0 Å². The molecule has 0 spiro atoms. The van der Waals surface area contributed by atoms with Crippen LogP contribution in [0.1, 0.15) is 214 Å². The predicted octanol–water partition coefficient (Wildman–Crippen LogP) is 25.4. The van der Waals surface area contributed by atoms with Crippen molar-refractivity contribution in [3.05, 3.63) is 394 Å². The molecule has 0 fully saturated rings. The van der Waals surface area contributed by atoms with E-state index in [2.05, 4.69) is 219 Å². The highest BCUT2D eigenvalue weighted by Crippen LogP contribution is 2.49. The Bertz CT molecular complexity index is 4640. The predicted molar refractivity (Wildman–Crippen MR) is 448 cm³/mol. The monoisotopic (exact) mass is 1420 g/mol. The highest BCUT2D eigenvalue weighted by molar-refractivity contribution is 6.17. The summed E-state index contributed by atoms with van der Waals surface area (Å²) in [6.45, 7) is 9.21. The molecule has 0 bridgehead atoms. The fourth-order valence-corrected chi connectivity index (χ4v) is 17.5. The maximum absolute atomic E-state index is 5.53. The van der Waals surface area contributed by atoms with Gasteiger partial charge in [-0.1, -0.05) is 237 Å². The summed E-state index contributed by atoms with van der Waals surface area (Å²) in [5, 5.41) is 0. The number of nitrogens with zero attached hydrogens (tertiary/aromatic N) is 3. The Morgan fingerprint density at radius 1 is 0.324 bits per heavy atom. The molecule has 8 aliphatic carbocycles. The molecule has 0 aliphatic heterocycles. The first-order valence-corrected chi connectivity index (χ1v) is 39.0. The van der Waals surface area contributed by atoms with Gasteiger partial charge < -0.3 is 0 Å². The number of pyridine rings is 3. The molecule has 5 heteroatoms. The van der Waals surface area contributed by atoms with E-state index in [0.29, 0.717) is 29.5 Å². The van der Waals surface area contributed by atoms with E-state index in [4.69, 9.17) is 23.2 Å². The van der Waals surface area contributed by atoms with Gasteiger partial charge in [-0.3, -0.25) is 15.0 Å². The molecule has 0 N–H and O–H groups in total. The van der Waals surface area contributed by atoms with Gasteiger partial charge in [0, 0.05) is 66.5 Å². The van der Waals surface area contributed by atoms with Crippen molar-refractivity contribution in [3.63, 3.8) is 0 Å². The quantitative estimate of drug-likeness (QED) is 0.114. The van der Waals surface area contributed by atoms with Crippen molar-refractivity contribution in [2.75, 3.05) is 0 Å². The second-order valence-corrected chi connectivity index (χ2v) is 30.1. The molecule has 3 heterocycles. The first-order valence-electron chi connectivity index (χ1n) is 37.9. The summed E-state index contributed by atoms with van der Waals surface area (Å²) in [5.74, 6) is 2.65. The van der Waals surface area contributed by atoms with Crippen LogP contribution in [-0.4, -0.2) is 15.0 Å². The van der Waals surface area contributed by atoms with Crippen molar-refractivity contribution in [2.24, 2.45) is 0 Å². The van der Waals surface area contributed by atoms with Crippen molar-refractivity contribution in [3.8, 4) is 0 Å². The lowest BCUT2D eigenvalue weighted by atomic mass is 9.88. The largest absolute Gasteiger partial charge is 0.261 e. The van der Waals surface area contributed by atoms with Gasteiger partial charge in [-0.25, -0.2) is 0 Å². The number of aryl methyl sites for hydroxylation is 8. The second kappa shape index (κ2) is 36.2. The van der Waals surface area contributed by atoms with E-state index in [1.165, 1.54) is 178 Å². The average molecular weight is 1420 g/mol. The number of hydrogen-bond acceptors (Lipinski definition) is 3. The molecule has 534 valence electrons. The minimum Gasteiger partial charge on any atom is -0.261 e. The minimum absolute atomic E-state index is 0. The Hall–Kier alpha value is -9.25. The molecule has 3 atom stereocenters. The van der Waals surface area contributed by atoms with Gasteiger partial charge in [-0.15, -0.1) is 23.2 Å². The molecule has 0 radical (unpaired) electrons. The molecule has 8 aromatic carbocycles. The van der Waals surface area contributed by atoms with Crippen LogP contribution < -0.4 is 0 Å². The Kier molecular flexibility index (Phi) is 26.0. The highest BCUT2D eigenvalue weighted by atomic mass is 35.5. The Labute approximate surface area is 638 Å². The van der Waals surface area contributed by atoms with Gasteiger partial charge in [-0.05, 0) is 289 Å². The van der Waals surface area contributed by atoms with Gasteiger partial charge in [-0.2, -0.15) is 0 Å². The van der Waals surface area contributed by atoms with Crippen LogP contribution in [0.25, 0.3) is 23.3 Å². The fourth-order valence-electron chi connectivity index (χ4n) is 17.2.